The number of imidazole rings is 1. The normalized spacial score (nSPS) is 18.6. The van der Waals surface area contributed by atoms with Crippen LogP contribution in [0.5, 0.6) is 0 Å². The molecule has 2 heterocycles. The lowest BCUT2D eigenvalue weighted by Crippen LogP contribution is -2.20. The maximum Gasteiger partial charge on any atom is 0.120 e. The Morgan fingerprint density at radius 3 is 3.25 bits per heavy atom. The Labute approximate surface area is 94.1 Å². The average Bonchev–Trinajstić information content (AvgIpc) is 2.96. The summed E-state index contributed by atoms with van der Waals surface area (Å²) in [7, 11) is 0. The second-order valence-electron chi connectivity index (χ2n) is 4.06. The minimum atomic E-state index is 0.376. The van der Waals surface area contributed by atoms with Crippen molar-refractivity contribution in [3.05, 3.63) is 47.8 Å². The molecule has 0 aromatic carbocycles. The van der Waals surface area contributed by atoms with Crippen LogP contribution in [0.4, 0.5) is 0 Å². The topological polar surface area (TPSA) is 53.6 Å². The van der Waals surface area contributed by atoms with Crippen LogP contribution in [0, 0.1) is 0 Å². The summed E-state index contributed by atoms with van der Waals surface area (Å²) in [6.07, 6.45) is 7.74. The highest BCUT2D eigenvalue weighted by atomic mass is 15.0. The van der Waals surface area contributed by atoms with Gasteiger partial charge in [-0.2, -0.15) is 0 Å². The van der Waals surface area contributed by atoms with Crippen molar-refractivity contribution in [2.75, 3.05) is 0 Å². The highest BCUT2D eigenvalue weighted by Crippen LogP contribution is 2.28. The molecule has 1 unspecified atom stereocenters. The van der Waals surface area contributed by atoms with Gasteiger partial charge in [-0.05, 0) is 24.5 Å². The number of hydrogen-bond donors (Lipinski definition) is 2. The number of fused-ring (bicyclic) bond motifs is 1. The number of aromatic nitrogens is 3. The molecule has 0 fully saturated rings. The molecule has 0 saturated heterocycles. The van der Waals surface area contributed by atoms with Crippen molar-refractivity contribution in [1.82, 2.24) is 20.3 Å². The van der Waals surface area contributed by atoms with E-state index in [4.69, 9.17) is 0 Å². The first-order chi connectivity index (χ1) is 7.93. The molecule has 0 bridgehead atoms. The van der Waals surface area contributed by atoms with Gasteiger partial charge in [0.1, 0.15) is 5.82 Å². The predicted molar refractivity (Wildman–Crippen MR) is 60.7 cm³/mol. The lowest BCUT2D eigenvalue weighted by Gasteiger charge is -2.11. The standard InChI is InChI=1S/C12H14N4/c1-2-9-3-4-10(12(9)15-5-1)16-8-11-13-6-7-14-11/h1-2,5-7,10,16H,3-4,8H2,(H,13,14). The van der Waals surface area contributed by atoms with Crippen molar-refractivity contribution in [3.8, 4) is 0 Å². The lowest BCUT2D eigenvalue weighted by atomic mass is 10.2. The predicted octanol–water partition coefficient (Wildman–Crippen LogP) is 1.58. The molecule has 0 amide bonds. The summed E-state index contributed by atoms with van der Waals surface area (Å²) in [6.45, 7) is 0.772. The number of pyridine rings is 1. The second kappa shape index (κ2) is 4.06. The quantitative estimate of drug-likeness (QED) is 0.815. The van der Waals surface area contributed by atoms with E-state index < -0.39 is 0 Å². The molecule has 16 heavy (non-hydrogen) atoms. The van der Waals surface area contributed by atoms with E-state index in [2.05, 4.69) is 26.3 Å². The molecule has 0 spiro atoms. The van der Waals surface area contributed by atoms with E-state index in [0.717, 1.165) is 25.2 Å². The van der Waals surface area contributed by atoms with Gasteiger partial charge in [-0.25, -0.2) is 4.98 Å². The molecule has 1 atom stereocenters. The third-order valence-corrected chi connectivity index (χ3v) is 3.03. The number of aryl methyl sites for hydroxylation is 1. The number of hydrogen-bond acceptors (Lipinski definition) is 3. The molecule has 4 heteroatoms. The van der Waals surface area contributed by atoms with Gasteiger partial charge in [0, 0.05) is 18.6 Å². The zero-order valence-corrected chi connectivity index (χ0v) is 8.98. The number of nitrogens with zero attached hydrogens (tertiary/aromatic N) is 2. The van der Waals surface area contributed by atoms with Crippen LogP contribution in [0.3, 0.4) is 0 Å². The van der Waals surface area contributed by atoms with Crippen LogP contribution in [0.1, 0.15) is 29.5 Å². The van der Waals surface area contributed by atoms with Crippen LogP contribution in [-0.2, 0) is 13.0 Å². The highest BCUT2D eigenvalue weighted by Gasteiger charge is 2.22. The van der Waals surface area contributed by atoms with Gasteiger partial charge in [0.25, 0.3) is 0 Å². The van der Waals surface area contributed by atoms with Crippen molar-refractivity contribution >= 4 is 0 Å². The third kappa shape index (κ3) is 1.72. The maximum absolute atomic E-state index is 4.45. The first-order valence-electron chi connectivity index (χ1n) is 5.59. The molecular formula is C12H14N4. The van der Waals surface area contributed by atoms with Crippen LogP contribution in [0.15, 0.2) is 30.7 Å². The number of rotatable bonds is 3. The van der Waals surface area contributed by atoms with E-state index in [1.54, 1.807) is 6.20 Å². The monoisotopic (exact) mass is 214 g/mol. The second-order valence-corrected chi connectivity index (χ2v) is 4.06. The van der Waals surface area contributed by atoms with Gasteiger partial charge >= 0.3 is 0 Å². The summed E-state index contributed by atoms with van der Waals surface area (Å²) in [6, 6.07) is 4.55. The molecule has 1 aliphatic carbocycles. The van der Waals surface area contributed by atoms with Gasteiger partial charge < -0.3 is 10.3 Å². The largest absolute Gasteiger partial charge is 0.348 e. The fourth-order valence-corrected chi connectivity index (χ4v) is 2.23. The Kier molecular flexibility index (Phi) is 2.42. The maximum atomic E-state index is 4.45. The molecule has 4 nitrogen and oxygen atoms in total. The zero-order chi connectivity index (χ0) is 10.8. The minimum Gasteiger partial charge on any atom is -0.348 e. The van der Waals surface area contributed by atoms with E-state index in [1.165, 1.54) is 11.3 Å². The molecule has 0 radical (unpaired) electrons. The molecule has 0 aliphatic heterocycles. The Bertz CT molecular complexity index is 464. The van der Waals surface area contributed by atoms with Gasteiger partial charge in [0.2, 0.25) is 0 Å². The Hall–Kier alpha value is -1.68. The first-order valence-corrected chi connectivity index (χ1v) is 5.59. The van der Waals surface area contributed by atoms with Crippen molar-refractivity contribution in [2.45, 2.75) is 25.4 Å². The summed E-state index contributed by atoms with van der Waals surface area (Å²) in [4.78, 5) is 11.7. The van der Waals surface area contributed by atoms with E-state index in [1.807, 2.05) is 18.5 Å². The molecule has 3 rings (SSSR count). The molecule has 2 aromatic rings. The molecule has 2 aromatic heterocycles. The fourth-order valence-electron chi connectivity index (χ4n) is 2.23. The molecular weight excluding hydrogens is 200 g/mol. The van der Waals surface area contributed by atoms with Gasteiger partial charge in [0.05, 0.1) is 18.3 Å². The van der Waals surface area contributed by atoms with E-state index in [-0.39, 0.29) is 0 Å². The van der Waals surface area contributed by atoms with Crippen LogP contribution >= 0.6 is 0 Å². The van der Waals surface area contributed by atoms with Gasteiger partial charge in [-0.1, -0.05) is 6.07 Å². The molecule has 2 N–H and O–H groups in total. The first kappa shape index (κ1) is 9.54. The minimum absolute atomic E-state index is 0.376. The lowest BCUT2D eigenvalue weighted by molar-refractivity contribution is 0.512. The summed E-state index contributed by atoms with van der Waals surface area (Å²) in [5, 5.41) is 3.48. The Morgan fingerprint density at radius 2 is 2.38 bits per heavy atom. The van der Waals surface area contributed by atoms with Gasteiger partial charge in [0.15, 0.2) is 0 Å². The van der Waals surface area contributed by atoms with Crippen LogP contribution in [0.2, 0.25) is 0 Å². The van der Waals surface area contributed by atoms with Crippen molar-refractivity contribution < 1.29 is 0 Å². The van der Waals surface area contributed by atoms with Crippen LogP contribution in [-0.4, -0.2) is 15.0 Å². The zero-order valence-electron chi connectivity index (χ0n) is 8.98. The molecule has 0 saturated carbocycles. The number of aromatic amines is 1. The van der Waals surface area contributed by atoms with Crippen molar-refractivity contribution in [1.29, 1.82) is 0 Å². The highest BCUT2D eigenvalue weighted by molar-refractivity contribution is 5.27. The third-order valence-electron chi connectivity index (χ3n) is 3.03. The van der Waals surface area contributed by atoms with Crippen molar-refractivity contribution in [3.63, 3.8) is 0 Å². The van der Waals surface area contributed by atoms with Crippen LogP contribution < -0.4 is 5.32 Å². The Balaban J connectivity index is 1.69. The van der Waals surface area contributed by atoms with Crippen molar-refractivity contribution in [2.24, 2.45) is 0 Å². The van der Waals surface area contributed by atoms with Crippen LogP contribution in [0.25, 0.3) is 0 Å². The Morgan fingerprint density at radius 1 is 1.38 bits per heavy atom. The summed E-state index contributed by atoms with van der Waals surface area (Å²) < 4.78 is 0. The van der Waals surface area contributed by atoms with E-state index in [9.17, 15) is 0 Å². The van der Waals surface area contributed by atoms with Gasteiger partial charge in [-0.3, -0.25) is 4.98 Å². The van der Waals surface area contributed by atoms with Gasteiger partial charge in [-0.15, -0.1) is 0 Å². The molecule has 1 aliphatic rings. The summed E-state index contributed by atoms with van der Waals surface area (Å²) >= 11 is 0. The SMILES string of the molecule is c1cnc2c(c1)CCC2NCc1ncc[nH]1. The van der Waals surface area contributed by atoms with E-state index >= 15 is 0 Å². The summed E-state index contributed by atoms with van der Waals surface area (Å²) in [5.74, 6) is 0.976. The smallest absolute Gasteiger partial charge is 0.120 e. The van der Waals surface area contributed by atoms with E-state index in [0.29, 0.717) is 6.04 Å². The number of nitrogens with one attached hydrogen (secondary N) is 2. The fraction of sp³-hybridized carbons (Fsp3) is 0.333. The summed E-state index contributed by atoms with van der Waals surface area (Å²) in [5.41, 5.74) is 2.58. The number of H-pyrrole nitrogens is 1. The molecule has 82 valence electrons. The average molecular weight is 214 g/mol.